The quantitative estimate of drug-likeness (QED) is 0.536. The molecular formula is C18H13F3N8O. The van der Waals surface area contributed by atoms with Crippen molar-refractivity contribution in [2.24, 2.45) is 0 Å². The van der Waals surface area contributed by atoms with Crippen LogP contribution in [0.5, 0.6) is 0 Å². The molecule has 0 saturated carbocycles. The van der Waals surface area contributed by atoms with Crippen LogP contribution in [0.15, 0.2) is 53.2 Å². The summed E-state index contributed by atoms with van der Waals surface area (Å²) in [6.45, 7) is 0. The standard InChI is InChI=1S/C18H13F3N8O/c1-29(10-6-3-2-4-7-10)17-26-13(25-16(22)27-17)14-24-15(30-28-14)12-11(18(19,20)21)8-5-9-23-12/h2-9H,1H3,(H2,22,25,26,27). The van der Waals surface area contributed by atoms with Gasteiger partial charge in [-0.05, 0) is 24.3 Å². The van der Waals surface area contributed by atoms with Gasteiger partial charge >= 0.3 is 6.18 Å². The Hall–Kier alpha value is -4.09. The second-order valence-electron chi connectivity index (χ2n) is 6.03. The Morgan fingerprint density at radius 1 is 0.933 bits per heavy atom. The fourth-order valence-corrected chi connectivity index (χ4v) is 2.61. The molecule has 3 aromatic heterocycles. The molecule has 12 heteroatoms. The Labute approximate surface area is 167 Å². The smallest absolute Gasteiger partial charge is 0.368 e. The van der Waals surface area contributed by atoms with Crippen LogP contribution in [0.3, 0.4) is 0 Å². The summed E-state index contributed by atoms with van der Waals surface area (Å²) in [5, 5.41) is 3.68. The van der Waals surface area contributed by atoms with Crippen LogP contribution in [0.1, 0.15) is 5.56 Å². The van der Waals surface area contributed by atoms with E-state index in [0.717, 1.165) is 11.8 Å². The van der Waals surface area contributed by atoms with E-state index in [2.05, 4.69) is 30.1 Å². The molecule has 4 rings (SSSR count). The number of halogens is 3. The van der Waals surface area contributed by atoms with Gasteiger partial charge in [0.05, 0.1) is 5.56 Å². The molecule has 0 aliphatic carbocycles. The summed E-state index contributed by atoms with van der Waals surface area (Å²) in [4.78, 5) is 21.6. The maximum Gasteiger partial charge on any atom is 0.418 e. The topological polar surface area (TPSA) is 120 Å². The van der Waals surface area contributed by atoms with Crippen molar-refractivity contribution >= 4 is 17.6 Å². The summed E-state index contributed by atoms with van der Waals surface area (Å²) in [5.74, 6) is -0.544. The summed E-state index contributed by atoms with van der Waals surface area (Å²) >= 11 is 0. The van der Waals surface area contributed by atoms with E-state index in [0.29, 0.717) is 0 Å². The van der Waals surface area contributed by atoms with Crippen molar-refractivity contribution in [3.8, 4) is 23.2 Å². The first-order chi connectivity index (χ1) is 14.3. The number of hydrogen-bond donors (Lipinski definition) is 1. The first-order valence-electron chi connectivity index (χ1n) is 8.50. The van der Waals surface area contributed by atoms with Crippen LogP contribution in [0.2, 0.25) is 0 Å². The minimum atomic E-state index is -4.64. The molecule has 30 heavy (non-hydrogen) atoms. The number of anilines is 3. The van der Waals surface area contributed by atoms with E-state index in [1.165, 1.54) is 12.3 Å². The lowest BCUT2D eigenvalue weighted by atomic mass is 10.2. The maximum absolute atomic E-state index is 13.2. The molecule has 0 aliphatic heterocycles. The number of pyridine rings is 1. The van der Waals surface area contributed by atoms with Crippen molar-refractivity contribution in [1.29, 1.82) is 0 Å². The summed E-state index contributed by atoms with van der Waals surface area (Å²) in [5.41, 5.74) is 5.07. The number of nitrogen functional groups attached to an aromatic ring is 1. The van der Waals surface area contributed by atoms with Crippen molar-refractivity contribution in [2.75, 3.05) is 17.7 Å². The van der Waals surface area contributed by atoms with Crippen LogP contribution >= 0.6 is 0 Å². The van der Waals surface area contributed by atoms with Gasteiger partial charge in [-0.3, -0.25) is 4.98 Å². The van der Waals surface area contributed by atoms with Gasteiger partial charge in [0, 0.05) is 18.9 Å². The predicted octanol–water partition coefficient (Wildman–Crippen LogP) is 3.35. The second-order valence-corrected chi connectivity index (χ2v) is 6.03. The van der Waals surface area contributed by atoms with E-state index >= 15 is 0 Å². The Bertz CT molecular complexity index is 1180. The van der Waals surface area contributed by atoms with Crippen LogP contribution in [-0.2, 0) is 6.18 Å². The SMILES string of the molecule is CN(c1ccccc1)c1nc(N)nc(-c2noc(-c3ncccc3C(F)(F)F)n2)n1. The molecule has 2 N–H and O–H groups in total. The third-order valence-corrected chi connectivity index (χ3v) is 4.03. The van der Waals surface area contributed by atoms with E-state index in [1.54, 1.807) is 11.9 Å². The molecule has 152 valence electrons. The van der Waals surface area contributed by atoms with E-state index in [9.17, 15) is 13.2 Å². The molecule has 3 heterocycles. The van der Waals surface area contributed by atoms with Gasteiger partial charge in [-0.2, -0.15) is 33.1 Å². The van der Waals surface area contributed by atoms with Crippen LogP contribution in [0.25, 0.3) is 23.2 Å². The average molecular weight is 414 g/mol. The highest BCUT2D eigenvalue weighted by molar-refractivity contribution is 5.60. The number of aromatic nitrogens is 6. The molecule has 9 nitrogen and oxygen atoms in total. The monoisotopic (exact) mass is 414 g/mol. The molecule has 0 atom stereocenters. The molecule has 0 amide bonds. The molecule has 0 spiro atoms. The first-order valence-corrected chi connectivity index (χ1v) is 8.50. The van der Waals surface area contributed by atoms with Crippen LogP contribution in [0, 0.1) is 0 Å². The molecule has 0 aliphatic rings. The number of benzene rings is 1. The Balaban J connectivity index is 1.72. The highest BCUT2D eigenvalue weighted by Gasteiger charge is 2.36. The summed E-state index contributed by atoms with van der Waals surface area (Å²) in [6, 6.07) is 11.3. The van der Waals surface area contributed by atoms with E-state index < -0.39 is 23.3 Å². The van der Waals surface area contributed by atoms with Gasteiger partial charge < -0.3 is 15.2 Å². The van der Waals surface area contributed by atoms with Crippen molar-refractivity contribution in [3.05, 3.63) is 54.2 Å². The number of nitrogens with zero attached hydrogens (tertiary/aromatic N) is 7. The fourth-order valence-electron chi connectivity index (χ4n) is 2.61. The van der Waals surface area contributed by atoms with Crippen molar-refractivity contribution < 1.29 is 17.7 Å². The average Bonchev–Trinajstić information content (AvgIpc) is 3.23. The van der Waals surface area contributed by atoms with Gasteiger partial charge in [0.1, 0.15) is 5.69 Å². The van der Waals surface area contributed by atoms with Gasteiger partial charge in [0.25, 0.3) is 5.89 Å². The van der Waals surface area contributed by atoms with Crippen molar-refractivity contribution in [3.63, 3.8) is 0 Å². The maximum atomic E-state index is 13.2. The number of para-hydroxylation sites is 1. The minimum Gasteiger partial charge on any atom is -0.368 e. The Kier molecular flexibility index (Phi) is 4.74. The van der Waals surface area contributed by atoms with Gasteiger partial charge in [0.2, 0.25) is 23.5 Å². The number of nitrogens with two attached hydrogens (primary N) is 1. The van der Waals surface area contributed by atoms with Crippen molar-refractivity contribution in [2.45, 2.75) is 6.18 Å². The predicted molar refractivity (Wildman–Crippen MR) is 100 cm³/mol. The zero-order valence-corrected chi connectivity index (χ0v) is 15.4. The zero-order chi connectivity index (χ0) is 21.3. The lowest BCUT2D eigenvalue weighted by molar-refractivity contribution is -0.137. The van der Waals surface area contributed by atoms with E-state index in [-0.39, 0.29) is 23.5 Å². The summed E-state index contributed by atoms with van der Waals surface area (Å²) < 4.78 is 44.7. The molecule has 4 aromatic rings. The fraction of sp³-hybridized carbons (Fsp3) is 0.111. The number of hydrogen-bond acceptors (Lipinski definition) is 9. The van der Waals surface area contributed by atoms with Gasteiger partial charge in [0.15, 0.2) is 0 Å². The molecule has 0 fully saturated rings. The molecule has 0 saturated heterocycles. The van der Waals surface area contributed by atoms with E-state index in [1.807, 2.05) is 30.3 Å². The van der Waals surface area contributed by atoms with Crippen LogP contribution < -0.4 is 10.6 Å². The molecule has 1 aromatic carbocycles. The molecular weight excluding hydrogens is 401 g/mol. The van der Waals surface area contributed by atoms with Gasteiger partial charge in [-0.15, -0.1) is 0 Å². The Morgan fingerprint density at radius 2 is 1.70 bits per heavy atom. The van der Waals surface area contributed by atoms with Crippen LogP contribution in [0.4, 0.5) is 30.8 Å². The van der Waals surface area contributed by atoms with Gasteiger partial charge in [-0.25, -0.2) is 0 Å². The summed E-state index contributed by atoms with van der Waals surface area (Å²) in [7, 11) is 1.72. The zero-order valence-electron chi connectivity index (χ0n) is 15.4. The molecule has 0 unspecified atom stereocenters. The lowest BCUT2D eigenvalue weighted by Crippen LogP contribution is -2.15. The normalized spacial score (nSPS) is 11.5. The van der Waals surface area contributed by atoms with Crippen LogP contribution in [-0.4, -0.2) is 37.1 Å². The second kappa shape index (κ2) is 7.39. The third kappa shape index (κ3) is 3.74. The minimum absolute atomic E-state index is 0.0558. The van der Waals surface area contributed by atoms with Gasteiger partial charge in [-0.1, -0.05) is 23.4 Å². The highest BCUT2D eigenvalue weighted by Crippen LogP contribution is 2.35. The summed E-state index contributed by atoms with van der Waals surface area (Å²) in [6.07, 6.45) is -3.44. The molecule has 0 bridgehead atoms. The number of rotatable bonds is 4. The lowest BCUT2D eigenvalue weighted by Gasteiger charge is -2.17. The largest absolute Gasteiger partial charge is 0.418 e. The molecule has 0 radical (unpaired) electrons. The Morgan fingerprint density at radius 3 is 2.43 bits per heavy atom. The first kappa shape index (κ1) is 19.2. The number of alkyl halides is 3. The van der Waals surface area contributed by atoms with Crippen molar-refractivity contribution in [1.82, 2.24) is 30.1 Å². The third-order valence-electron chi connectivity index (χ3n) is 4.03. The van der Waals surface area contributed by atoms with E-state index in [4.69, 9.17) is 10.3 Å². The highest BCUT2D eigenvalue weighted by atomic mass is 19.4.